The number of carbonyl (C=O) groups is 2. The predicted molar refractivity (Wildman–Crippen MR) is 103 cm³/mol. The Morgan fingerprint density at radius 1 is 1.20 bits per heavy atom. The number of hydrogen-bond donors (Lipinski definition) is 1. The fraction of sp³-hybridized carbons (Fsp3) is 0.905. The van der Waals surface area contributed by atoms with E-state index in [0.29, 0.717) is 24.5 Å². The highest BCUT2D eigenvalue weighted by atomic mass is 32.2. The van der Waals surface area contributed by atoms with Crippen molar-refractivity contribution in [2.24, 2.45) is 34.0 Å². The maximum Gasteiger partial charge on any atom is 0.142 e. The van der Waals surface area contributed by atoms with Crippen molar-refractivity contribution in [3.63, 3.8) is 0 Å². The molecule has 0 spiro atoms. The molecule has 0 aromatic rings. The quantitative estimate of drug-likeness (QED) is 0.764. The Kier molecular flexibility index (Phi) is 5.18. The average molecular weight is 367 g/mol. The molecule has 2 aliphatic carbocycles. The van der Waals surface area contributed by atoms with Crippen LogP contribution in [-0.2, 0) is 9.59 Å². The smallest absolute Gasteiger partial charge is 0.142 e. The molecule has 142 valence electrons. The van der Waals surface area contributed by atoms with E-state index in [-0.39, 0.29) is 28.8 Å². The van der Waals surface area contributed by atoms with Crippen LogP contribution in [0.5, 0.6) is 0 Å². The van der Waals surface area contributed by atoms with Crippen molar-refractivity contribution in [2.45, 2.75) is 72.3 Å². The van der Waals surface area contributed by atoms with Crippen LogP contribution >= 0.6 is 11.8 Å². The largest absolute Gasteiger partial charge is 0.393 e. The lowest BCUT2D eigenvalue weighted by atomic mass is 9.48. The molecule has 4 heteroatoms. The third-order valence-corrected chi connectivity index (χ3v) is 9.95. The minimum Gasteiger partial charge on any atom is -0.393 e. The van der Waals surface area contributed by atoms with Gasteiger partial charge in [-0.05, 0) is 60.5 Å². The van der Waals surface area contributed by atoms with Gasteiger partial charge in [0.15, 0.2) is 0 Å². The minimum absolute atomic E-state index is 0.0307. The van der Waals surface area contributed by atoms with Crippen molar-refractivity contribution < 1.29 is 14.7 Å². The number of aliphatic hydroxyl groups excluding tert-OH is 1. The van der Waals surface area contributed by atoms with E-state index in [2.05, 4.69) is 27.7 Å². The van der Waals surface area contributed by atoms with Crippen LogP contribution in [0.2, 0.25) is 0 Å². The molecule has 1 heterocycles. The summed E-state index contributed by atoms with van der Waals surface area (Å²) < 4.78 is 0. The molecule has 0 aromatic carbocycles. The van der Waals surface area contributed by atoms with Crippen LogP contribution in [-0.4, -0.2) is 34.8 Å². The van der Waals surface area contributed by atoms with E-state index in [1.54, 1.807) is 0 Å². The third kappa shape index (κ3) is 2.82. The summed E-state index contributed by atoms with van der Waals surface area (Å²) >= 11 is 1.88. The lowest BCUT2D eigenvalue weighted by Crippen LogP contribution is -2.55. The molecule has 1 aliphatic heterocycles. The zero-order chi connectivity index (χ0) is 18.5. The Labute approximate surface area is 156 Å². The first kappa shape index (κ1) is 19.4. The van der Waals surface area contributed by atoms with Crippen molar-refractivity contribution in [3.05, 3.63) is 0 Å². The van der Waals surface area contributed by atoms with E-state index in [1.807, 2.05) is 11.8 Å². The van der Waals surface area contributed by atoms with E-state index in [1.165, 1.54) is 0 Å². The number of ketones is 1. The molecule has 3 aliphatic rings. The molecule has 25 heavy (non-hydrogen) atoms. The van der Waals surface area contributed by atoms with Crippen molar-refractivity contribution in [3.8, 4) is 0 Å². The highest BCUT2D eigenvalue weighted by molar-refractivity contribution is 7.99. The summed E-state index contributed by atoms with van der Waals surface area (Å²) in [6.45, 7) is 8.90. The Hall–Kier alpha value is -0.350. The molecule has 1 N–H and O–H groups in total. The zero-order valence-corrected chi connectivity index (χ0v) is 17.0. The SMILES string of the molecule is C[C@@H]1CCC23CCC(O)C2[C@]1(C)CSC[C@@](C)(CCC=O)C(=O)[C@@H]3C. The summed E-state index contributed by atoms with van der Waals surface area (Å²) in [5.41, 5.74) is -0.386. The van der Waals surface area contributed by atoms with E-state index < -0.39 is 5.41 Å². The van der Waals surface area contributed by atoms with Crippen molar-refractivity contribution in [1.29, 1.82) is 0 Å². The van der Waals surface area contributed by atoms with Crippen LogP contribution in [0, 0.1) is 34.0 Å². The molecule has 2 bridgehead atoms. The second-order valence-electron chi connectivity index (χ2n) is 9.61. The average Bonchev–Trinajstić information content (AvgIpc) is 2.94. The monoisotopic (exact) mass is 366 g/mol. The topological polar surface area (TPSA) is 54.4 Å². The predicted octanol–water partition coefficient (Wildman–Crippen LogP) is 4.12. The first-order valence-electron chi connectivity index (χ1n) is 9.95. The van der Waals surface area contributed by atoms with Gasteiger partial charge in [0.25, 0.3) is 0 Å². The molecule has 3 rings (SSSR count). The molecular weight excluding hydrogens is 332 g/mol. The molecular formula is C21H34O3S. The Morgan fingerprint density at radius 3 is 2.56 bits per heavy atom. The molecule has 0 radical (unpaired) electrons. The van der Waals surface area contributed by atoms with Crippen LogP contribution in [0.3, 0.4) is 0 Å². The lowest BCUT2D eigenvalue weighted by molar-refractivity contribution is -0.145. The molecule has 3 unspecified atom stereocenters. The van der Waals surface area contributed by atoms with Crippen LogP contribution < -0.4 is 0 Å². The van der Waals surface area contributed by atoms with Crippen molar-refractivity contribution in [2.75, 3.05) is 11.5 Å². The Balaban J connectivity index is 2.06. The molecule has 7 atom stereocenters. The number of hydrogen-bond acceptors (Lipinski definition) is 4. The molecule has 3 fully saturated rings. The van der Waals surface area contributed by atoms with Gasteiger partial charge < -0.3 is 9.90 Å². The van der Waals surface area contributed by atoms with Gasteiger partial charge in [-0.2, -0.15) is 11.8 Å². The number of thioether (sulfide) groups is 1. The van der Waals surface area contributed by atoms with E-state index in [4.69, 9.17) is 0 Å². The molecule has 0 amide bonds. The van der Waals surface area contributed by atoms with Crippen LogP contribution in [0.4, 0.5) is 0 Å². The van der Waals surface area contributed by atoms with E-state index >= 15 is 0 Å². The molecule has 0 aromatic heterocycles. The summed E-state index contributed by atoms with van der Waals surface area (Å²) in [5, 5.41) is 10.9. The summed E-state index contributed by atoms with van der Waals surface area (Å²) in [7, 11) is 0. The third-order valence-electron chi connectivity index (χ3n) is 8.29. The number of aldehydes is 1. The summed E-state index contributed by atoms with van der Waals surface area (Å²) in [6, 6.07) is 0. The minimum atomic E-state index is -0.422. The molecule has 2 saturated carbocycles. The summed E-state index contributed by atoms with van der Waals surface area (Å²) in [6.07, 6.45) is 5.81. The van der Waals surface area contributed by atoms with E-state index in [0.717, 1.165) is 43.5 Å². The fourth-order valence-corrected chi connectivity index (χ4v) is 8.22. The molecule has 3 nitrogen and oxygen atoms in total. The lowest BCUT2D eigenvalue weighted by Gasteiger charge is -2.56. The van der Waals surface area contributed by atoms with Gasteiger partial charge in [-0.25, -0.2) is 0 Å². The number of rotatable bonds is 3. The first-order chi connectivity index (χ1) is 11.7. The van der Waals surface area contributed by atoms with Crippen LogP contribution in [0.15, 0.2) is 0 Å². The standard InChI is InChI=1S/C21H34O3S/c1-14-6-9-21-10-7-16(23)17(21)20(14,4)13-25-12-19(3,8-5-11-22)18(24)15(21)2/h11,14-17,23H,5-10,12-13H2,1-4H3/t14-,15+,16?,17?,19-,20-,21?/m1/s1. The van der Waals surface area contributed by atoms with E-state index in [9.17, 15) is 14.7 Å². The van der Waals surface area contributed by atoms with Crippen LogP contribution in [0.1, 0.15) is 66.2 Å². The Morgan fingerprint density at radius 2 is 1.88 bits per heavy atom. The van der Waals surface area contributed by atoms with Crippen molar-refractivity contribution in [1.82, 2.24) is 0 Å². The normalized spacial score (nSPS) is 50.5. The van der Waals surface area contributed by atoms with Gasteiger partial charge >= 0.3 is 0 Å². The van der Waals surface area contributed by atoms with Crippen LogP contribution in [0.25, 0.3) is 0 Å². The Bertz CT molecular complexity index is 549. The highest BCUT2D eigenvalue weighted by Crippen LogP contribution is 2.66. The van der Waals surface area contributed by atoms with Gasteiger partial charge in [0, 0.05) is 23.5 Å². The second kappa shape index (κ2) is 6.67. The van der Waals surface area contributed by atoms with Gasteiger partial charge in [0.1, 0.15) is 12.1 Å². The summed E-state index contributed by atoms with van der Waals surface area (Å²) in [4.78, 5) is 24.5. The second-order valence-corrected chi connectivity index (χ2v) is 10.6. The summed E-state index contributed by atoms with van der Waals surface area (Å²) in [5.74, 6) is 2.91. The van der Waals surface area contributed by atoms with Gasteiger partial charge in [-0.3, -0.25) is 4.79 Å². The fourth-order valence-electron chi connectivity index (χ4n) is 6.48. The van der Waals surface area contributed by atoms with Gasteiger partial charge in [0.2, 0.25) is 0 Å². The first-order valence-corrected chi connectivity index (χ1v) is 11.1. The number of aliphatic hydroxyl groups is 1. The maximum atomic E-state index is 13.6. The van der Waals surface area contributed by atoms with Gasteiger partial charge in [-0.15, -0.1) is 0 Å². The van der Waals surface area contributed by atoms with Crippen molar-refractivity contribution >= 4 is 23.8 Å². The number of Topliss-reactive ketones (excluding diaryl/α,β-unsaturated/α-hetero) is 1. The highest BCUT2D eigenvalue weighted by Gasteiger charge is 2.64. The van der Waals surface area contributed by atoms with Gasteiger partial charge in [-0.1, -0.05) is 27.7 Å². The molecule has 1 saturated heterocycles. The number of carbonyl (C=O) groups excluding carboxylic acids is 2. The maximum absolute atomic E-state index is 13.6. The van der Waals surface area contributed by atoms with Gasteiger partial charge in [0.05, 0.1) is 6.10 Å². The zero-order valence-electron chi connectivity index (χ0n) is 16.2.